The number of nitrogens with zero attached hydrogens (tertiary/aromatic N) is 3. The van der Waals surface area contributed by atoms with E-state index in [2.05, 4.69) is 20.7 Å². The van der Waals surface area contributed by atoms with Crippen LogP contribution in [0.1, 0.15) is 5.56 Å². The Morgan fingerprint density at radius 3 is 2.51 bits per heavy atom. The largest absolute Gasteiger partial charge is 0.497 e. The molecule has 0 bridgehead atoms. The summed E-state index contributed by atoms with van der Waals surface area (Å²) >= 11 is 12.2. The summed E-state index contributed by atoms with van der Waals surface area (Å²) in [6.45, 7) is 0. The highest BCUT2D eigenvalue weighted by Gasteiger charge is 2.14. The monoisotopic (exact) mass is 515 g/mol. The molecule has 2 amide bonds. The van der Waals surface area contributed by atoms with Crippen LogP contribution in [0.5, 0.6) is 5.75 Å². The number of benzene rings is 3. The number of rotatable bonds is 6. The molecule has 2 N–H and O–H groups in total. The predicted octanol–water partition coefficient (Wildman–Crippen LogP) is 6.67. The number of hydrogen-bond donors (Lipinski definition) is 2. The lowest BCUT2D eigenvalue weighted by molar-refractivity contribution is 0.262. The molecule has 35 heavy (non-hydrogen) atoms. The van der Waals surface area contributed by atoms with Crippen molar-refractivity contribution in [3.05, 3.63) is 94.1 Å². The van der Waals surface area contributed by atoms with E-state index >= 15 is 0 Å². The molecule has 178 valence electrons. The maximum Gasteiger partial charge on any atom is 0.326 e. The molecule has 0 fully saturated rings. The van der Waals surface area contributed by atoms with Gasteiger partial charge < -0.3 is 10.1 Å². The fourth-order valence-corrected chi connectivity index (χ4v) is 3.48. The molecular weight excluding hydrogens is 499 g/mol. The van der Waals surface area contributed by atoms with Gasteiger partial charge in [-0.1, -0.05) is 29.3 Å². The second-order valence-electron chi connectivity index (χ2n) is 7.14. The first-order chi connectivity index (χ1) is 16.8. The molecule has 3 aromatic carbocycles. The molecule has 11 heteroatoms. The van der Waals surface area contributed by atoms with Crippen LogP contribution in [0.4, 0.5) is 25.2 Å². The third-order valence-corrected chi connectivity index (χ3v) is 5.32. The molecule has 0 unspecified atom stereocenters. The molecule has 7 nitrogen and oxygen atoms in total. The topological polar surface area (TPSA) is 80.5 Å². The molecule has 0 aliphatic rings. The predicted molar refractivity (Wildman–Crippen MR) is 133 cm³/mol. The van der Waals surface area contributed by atoms with Gasteiger partial charge in [0.05, 0.1) is 35.9 Å². The average Bonchev–Trinajstić information content (AvgIpc) is 3.22. The number of hydrogen-bond acceptors (Lipinski definition) is 4. The number of halogens is 4. The second kappa shape index (κ2) is 10.5. The number of anilines is 2. The van der Waals surface area contributed by atoms with Gasteiger partial charge in [0.15, 0.2) is 0 Å². The van der Waals surface area contributed by atoms with E-state index in [1.165, 1.54) is 10.9 Å². The van der Waals surface area contributed by atoms with E-state index in [1.54, 1.807) is 55.8 Å². The minimum atomic E-state index is -0.919. The van der Waals surface area contributed by atoms with E-state index in [9.17, 15) is 13.6 Å². The lowest BCUT2D eigenvalue weighted by Gasteiger charge is -2.08. The lowest BCUT2D eigenvalue weighted by atomic mass is 10.2. The Morgan fingerprint density at radius 1 is 1.06 bits per heavy atom. The van der Waals surface area contributed by atoms with Crippen molar-refractivity contribution in [3.63, 3.8) is 0 Å². The SMILES string of the molecule is COc1ccc(-c2cn(/N=C/c3ccc(Cl)cc3Cl)c(NC(=O)Nc3ccc(F)cc3F)n2)cc1. The Hall–Kier alpha value is -3.95. The summed E-state index contributed by atoms with van der Waals surface area (Å²) in [4.78, 5) is 17.0. The van der Waals surface area contributed by atoms with Crippen molar-refractivity contribution >= 4 is 47.1 Å². The Labute approximate surface area is 209 Å². The van der Waals surface area contributed by atoms with E-state index in [0.717, 1.165) is 17.7 Å². The van der Waals surface area contributed by atoms with Crippen molar-refractivity contribution in [1.29, 1.82) is 0 Å². The zero-order chi connectivity index (χ0) is 24.9. The van der Waals surface area contributed by atoms with Crippen LogP contribution in [0.25, 0.3) is 11.3 Å². The molecule has 0 aliphatic carbocycles. The highest BCUT2D eigenvalue weighted by atomic mass is 35.5. The van der Waals surface area contributed by atoms with Crippen LogP contribution in [0.2, 0.25) is 10.0 Å². The molecule has 0 spiro atoms. The Balaban J connectivity index is 1.64. The summed E-state index contributed by atoms with van der Waals surface area (Å²) in [7, 11) is 1.56. The maximum absolute atomic E-state index is 13.9. The van der Waals surface area contributed by atoms with Gasteiger partial charge in [0.2, 0.25) is 5.95 Å². The minimum Gasteiger partial charge on any atom is -0.497 e. The normalized spacial score (nSPS) is 11.0. The van der Waals surface area contributed by atoms with Crippen LogP contribution in [0.3, 0.4) is 0 Å². The standard InChI is InChI=1S/C24H17Cl2F2N5O2/c1-35-18-7-3-14(4-8-18)22-13-33(29-12-15-2-5-16(25)10-19(15)26)23(30-22)32-24(34)31-21-9-6-17(27)11-20(21)28/h2-13H,1H3,(H2,30,31,32,34)/b29-12+. The third-order valence-electron chi connectivity index (χ3n) is 4.76. The van der Waals surface area contributed by atoms with Crippen LogP contribution < -0.4 is 15.4 Å². The molecule has 1 heterocycles. The quantitative estimate of drug-likeness (QED) is 0.281. The molecule has 0 atom stereocenters. The van der Waals surface area contributed by atoms with E-state index in [1.807, 2.05) is 0 Å². The summed E-state index contributed by atoms with van der Waals surface area (Å²) in [6, 6.07) is 14.0. The number of methoxy groups -OCH3 is 1. The number of amides is 2. The molecule has 4 aromatic rings. The van der Waals surface area contributed by atoms with Crippen molar-refractivity contribution in [2.24, 2.45) is 5.10 Å². The molecule has 1 aromatic heterocycles. The summed E-state index contributed by atoms with van der Waals surface area (Å²) in [5, 5.41) is 10.0. The summed E-state index contributed by atoms with van der Waals surface area (Å²) in [6.07, 6.45) is 3.07. The molecule has 4 rings (SSSR count). The van der Waals surface area contributed by atoms with Gasteiger partial charge in [0.25, 0.3) is 0 Å². The van der Waals surface area contributed by atoms with Crippen molar-refractivity contribution in [3.8, 4) is 17.0 Å². The maximum atomic E-state index is 13.9. The van der Waals surface area contributed by atoms with Crippen molar-refractivity contribution in [2.75, 3.05) is 17.7 Å². The Morgan fingerprint density at radius 2 is 1.83 bits per heavy atom. The molecular formula is C24H17Cl2F2N5O2. The zero-order valence-corrected chi connectivity index (χ0v) is 19.6. The third kappa shape index (κ3) is 5.95. The van der Waals surface area contributed by atoms with Gasteiger partial charge in [-0.15, -0.1) is 0 Å². The van der Waals surface area contributed by atoms with Crippen molar-refractivity contribution < 1.29 is 18.3 Å². The number of imidazole rings is 1. The Bertz CT molecular complexity index is 1410. The van der Waals surface area contributed by atoms with Gasteiger partial charge in [-0.2, -0.15) is 5.10 Å². The summed E-state index contributed by atoms with van der Waals surface area (Å²) in [5.41, 5.74) is 1.61. The van der Waals surface area contributed by atoms with Crippen LogP contribution >= 0.6 is 23.2 Å². The molecule has 0 aliphatic heterocycles. The molecule has 0 radical (unpaired) electrons. The number of ether oxygens (including phenoxy) is 1. The van der Waals surface area contributed by atoms with Crippen LogP contribution in [-0.2, 0) is 0 Å². The van der Waals surface area contributed by atoms with Gasteiger partial charge in [-0.3, -0.25) is 5.32 Å². The fraction of sp³-hybridized carbons (Fsp3) is 0.0417. The van der Waals surface area contributed by atoms with E-state index in [4.69, 9.17) is 27.9 Å². The van der Waals surface area contributed by atoms with Crippen LogP contribution in [-0.4, -0.2) is 29.0 Å². The number of carbonyl (C=O) groups excluding carboxylic acids is 1. The molecule has 0 saturated carbocycles. The lowest BCUT2D eigenvalue weighted by Crippen LogP contribution is -2.22. The van der Waals surface area contributed by atoms with Gasteiger partial charge in [-0.05, 0) is 48.5 Å². The smallest absolute Gasteiger partial charge is 0.326 e. The van der Waals surface area contributed by atoms with Crippen molar-refractivity contribution in [2.45, 2.75) is 0 Å². The first kappa shape index (κ1) is 24.2. The minimum absolute atomic E-state index is 0.0390. The number of aromatic nitrogens is 2. The first-order valence-electron chi connectivity index (χ1n) is 10.1. The van der Waals surface area contributed by atoms with Gasteiger partial charge >= 0.3 is 6.03 Å². The zero-order valence-electron chi connectivity index (χ0n) is 18.1. The van der Waals surface area contributed by atoms with Crippen LogP contribution in [0, 0.1) is 11.6 Å². The fourth-order valence-electron chi connectivity index (χ4n) is 3.02. The van der Waals surface area contributed by atoms with E-state index < -0.39 is 17.7 Å². The highest BCUT2D eigenvalue weighted by Crippen LogP contribution is 2.25. The molecule has 0 saturated heterocycles. The number of urea groups is 1. The Kier molecular flexibility index (Phi) is 7.28. The van der Waals surface area contributed by atoms with Gasteiger partial charge in [0, 0.05) is 22.2 Å². The van der Waals surface area contributed by atoms with Crippen molar-refractivity contribution in [1.82, 2.24) is 9.66 Å². The average molecular weight is 516 g/mol. The highest BCUT2D eigenvalue weighted by molar-refractivity contribution is 6.36. The number of nitrogens with one attached hydrogen (secondary N) is 2. The van der Waals surface area contributed by atoms with E-state index in [0.29, 0.717) is 33.1 Å². The van der Waals surface area contributed by atoms with Gasteiger partial charge in [0.1, 0.15) is 17.4 Å². The first-order valence-corrected chi connectivity index (χ1v) is 10.8. The summed E-state index contributed by atoms with van der Waals surface area (Å²) < 4.78 is 33.6. The van der Waals surface area contributed by atoms with E-state index in [-0.39, 0.29) is 11.6 Å². The number of carbonyl (C=O) groups is 1. The second-order valence-corrected chi connectivity index (χ2v) is 7.98. The van der Waals surface area contributed by atoms with Crippen LogP contribution in [0.15, 0.2) is 72.0 Å². The summed E-state index contributed by atoms with van der Waals surface area (Å²) in [5.74, 6) is -0.971. The van der Waals surface area contributed by atoms with Gasteiger partial charge in [-0.25, -0.2) is 23.2 Å².